The van der Waals surface area contributed by atoms with E-state index in [0.717, 1.165) is 17.8 Å². The van der Waals surface area contributed by atoms with Crippen LogP contribution in [0.1, 0.15) is 11.4 Å². The van der Waals surface area contributed by atoms with E-state index in [-0.39, 0.29) is 0 Å². The Morgan fingerprint density at radius 3 is 2.93 bits per heavy atom. The molecule has 2 rings (SSSR count). The van der Waals surface area contributed by atoms with E-state index < -0.39 is 0 Å². The molecule has 0 bridgehead atoms. The molecule has 0 atom stereocenters. The largest absolute Gasteiger partial charge is 0.330 e. The first-order valence-electron chi connectivity index (χ1n) is 4.84. The summed E-state index contributed by atoms with van der Waals surface area (Å²) in [6, 6.07) is 0. The third kappa shape index (κ3) is 2.21. The molecule has 0 aromatic carbocycles. The Morgan fingerprint density at radius 2 is 2.27 bits per heavy atom. The summed E-state index contributed by atoms with van der Waals surface area (Å²) < 4.78 is 3.58. The number of nitrogens with two attached hydrogens (primary N) is 1. The van der Waals surface area contributed by atoms with Crippen molar-refractivity contribution in [3.05, 3.63) is 30.1 Å². The summed E-state index contributed by atoms with van der Waals surface area (Å²) in [5.41, 5.74) is 6.62. The van der Waals surface area contributed by atoms with Crippen molar-refractivity contribution < 1.29 is 0 Å². The van der Waals surface area contributed by atoms with Gasteiger partial charge in [0.15, 0.2) is 0 Å². The first-order chi connectivity index (χ1) is 7.29. The van der Waals surface area contributed by atoms with Crippen LogP contribution in [0.15, 0.2) is 18.7 Å². The Hall–Kier alpha value is -1.69. The maximum atomic E-state index is 5.47. The molecular formula is C9H14N6. The van der Waals surface area contributed by atoms with Crippen molar-refractivity contribution in [2.24, 2.45) is 12.8 Å². The van der Waals surface area contributed by atoms with Gasteiger partial charge in [0.2, 0.25) is 0 Å². The average molecular weight is 206 g/mol. The fraction of sp³-hybridized carbons (Fsp3) is 0.444. The predicted molar refractivity (Wildman–Crippen MR) is 55.1 cm³/mol. The summed E-state index contributed by atoms with van der Waals surface area (Å²) in [5, 5.41) is 8.23. The molecule has 0 saturated heterocycles. The maximum Gasteiger partial charge on any atom is 0.148 e. The molecule has 0 amide bonds. The second kappa shape index (κ2) is 4.22. The Morgan fingerprint density at radius 1 is 1.40 bits per heavy atom. The second-order valence-corrected chi connectivity index (χ2v) is 3.38. The van der Waals surface area contributed by atoms with Crippen LogP contribution in [0.2, 0.25) is 0 Å². The van der Waals surface area contributed by atoms with E-state index in [9.17, 15) is 0 Å². The second-order valence-electron chi connectivity index (χ2n) is 3.38. The minimum Gasteiger partial charge on any atom is -0.330 e. The van der Waals surface area contributed by atoms with Gasteiger partial charge in [-0.2, -0.15) is 10.2 Å². The number of nitrogens with zero attached hydrogens (tertiary/aromatic N) is 5. The van der Waals surface area contributed by atoms with Gasteiger partial charge in [-0.1, -0.05) is 0 Å². The summed E-state index contributed by atoms with van der Waals surface area (Å²) in [5.74, 6) is 0.886. The van der Waals surface area contributed by atoms with Crippen molar-refractivity contribution in [3.63, 3.8) is 0 Å². The van der Waals surface area contributed by atoms with Gasteiger partial charge in [-0.3, -0.25) is 9.36 Å². The molecule has 0 spiro atoms. The maximum absolute atomic E-state index is 5.47. The molecule has 0 aliphatic carbocycles. The summed E-state index contributed by atoms with van der Waals surface area (Å²) in [4.78, 5) is 4.13. The van der Waals surface area contributed by atoms with E-state index in [0.29, 0.717) is 13.1 Å². The normalized spacial score (nSPS) is 10.8. The monoisotopic (exact) mass is 206 g/mol. The van der Waals surface area contributed by atoms with Crippen LogP contribution in [0, 0.1) is 0 Å². The van der Waals surface area contributed by atoms with E-state index in [4.69, 9.17) is 5.73 Å². The molecule has 2 heterocycles. The molecule has 0 fully saturated rings. The molecule has 6 nitrogen and oxygen atoms in total. The summed E-state index contributed by atoms with van der Waals surface area (Å²) in [7, 11) is 1.87. The molecule has 0 unspecified atom stereocenters. The molecule has 2 aromatic rings. The zero-order chi connectivity index (χ0) is 10.7. The first kappa shape index (κ1) is 9.85. The highest BCUT2D eigenvalue weighted by molar-refractivity contribution is 5.05. The zero-order valence-electron chi connectivity index (χ0n) is 8.67. The molecule has 2 aromatic heterocycles. The quantitative estimate of drug-likeness (QED) is 0.736. The lowest BCUT2D eigenvalue weighted by Gasteiger charge is -1.99. The molecule has 15 heavy (non-hydrogen) atoms. The van der Waals surface area contributed by atoms with Crippen molar-refractivity contribution in [1.82, 2.24) is 24.5 Å². The van der Waals surface area contributed by atoms with E-state index >= 15 is 0 Å². The van der Waals surface area contributed by atoms with Gasteiger partial charge in [-0.05, 0) is 18.5 Å². The minimum absolute atomic E-state index is 0.640. The SMILES string of the molecule is Cn1ncnc1Cn1cc(CCN)cn1. The van der Waals surface area contributed by atoms with E-state index in [1.807, 2.05) is 24.1 Å². The zero-order valence-corrected chi connectivity index (χ0v) is 8.67. The molecule has 0 saturated carbocycles. The van der Waals surface area contributed by atoms with Crippen LogP contribution in [-0.4, -0.2) is 31.1 Å². The van der Waals surface area contributed by atoms with Gasteiger partial charge in [-0.25, -0.2) is 4.98 Å². The third-order valence-corrected chi connectivity index (χ3v) is 2.23. The Labute approximate surface area is 87.7 Å². The van der Waals surface area contributed by atoms with Gasteiger partial charge in [0.1, 0.15) is 18.7 Å². The van der Waals surface area contributed by atoms with Crippen LogP contribution in [0.5, 0.6) is 0 Å². The van der Waals surface area contributed by atoms with Crippen LogP contribution in [0.4, 0.5) is 0 Å². The fourth-order valence-corrected chi connectivity index (χ4v) is 1.40. The van der Waals surface area contributed by atoms with Crippen LogP contribution in [0.25, 0.3) is 0 Å². The molecule has 0 aliphatic rings. The Kier molecular flexibility index (Phi) is 2.77. The summed E-state index contributed by atoms with van der Waals surface area (Å²) in [6.07, 6.45) is 6.23. The van der Waals surface area contributed by atoms with Crippen LogP contribution < -0.4 is 5.73 Å². The number of hydrogen-bond acceptors (Lipinski definition) is 4. The standard InChI is InChI=1S/C9H14N6/c1-14-9(11-7-13-14)6-15-5-8(2-3-10)4-12-15/h4-5,7H,2-3,6,10H2,1H3. The van der Waals surface area contributed by atoms with Crippen molar-refractivity contribution in [2.75, 3.05) is 6.54 Å². The topological polar surface area (TPSA) is 74.5 Å². The third-order valence-electron chi connectivity index (χ3n) is 2.23. The van der Waals surface area contributed by atoms with Crippen molar-refractivity contribution in [1.29, 1.82) is 0 Å². The van der Waals surface area contributed by atoms with Gasteiger partial charge in [-0.15, -0.1) is 0 Å². The highest BCUT2D eigenvalue weighted by Gasteiger charge is 2.03. The molecule has 0 radical (unpaired) electrons. The fourth-order valence-electron chi connectivity index (χ4n) is 1.40. The van der Waals surface area contributed by atoms with E-state index in [2.05, 4.69) is 15.2 Å². The number of rotatable bonds is 4. The van der Waals surface area contributed by atoms with Crippen molar-refractivity contribution in [2.45, 2.75) is 13.0 Å². The highest BCUT2D eigenvalue weighted by Crippen LogP contribution is 2.00. The highest BCUT2D eigenvalue weighted by atomic mass is 15.3. The molecule has 2 N–H and O–H groups in total. The van der Waals surface area contributed by atoms with Crippen LogP contribution in [0.3, 0.4) is 0 Å². The average Bonchev–Trinajstić information content (AvgIpc) is 2.79. The van der Waals surface area contributed by atoms with Gasteiger partial charge >= 0.3 is 0 Å². The van der Waals surface area contributed by atoms with Gasteiger partial charge in [0, 0.05) is 13.2 Å². The van der Waals surface area contributed by atoms with Crippen molar-refractivity contribution >= 4 is 0 Å². The molecule has 6 heteroatoms. The van der Waals surface area contributed by atoms with E-state index in [1.165, 1.54) is 0 Å². The number of aromatic nitrogens is 5. The van der Waals surface area contributed by atoms with E-state index in [1.54, 1.807) is 11.0 Å². The smallest absolute Gasteiger partial charge is 0.148 e. The van der Waals surface area contributed by atoms with Gasteiger partial charge < -0.3 is 5.73 Å². The first-order valence-corrected chi connectivity index (χ1v) is 4.84. The van der Waals surface area contributed by atoms with Crippen LogP contribution in [-0.2, 0) is 20.0 Å². The minimum atomic E-state index is 0.640. The lowest BCUT2D eigenvalue weighted by molar-refractivity contribution is 0.607. The molecule has 80 valence electrons. The molecular weight excluding hydrogens is 192 g/mol. The lowest BCUT2D eigenvalue weighted by atomic mass is 10.3. The summed E-state index contributed by atoms with van der Waals surface area (Å²) >= 11 is 0. The van der Waals surface area contributed by atoms with Gasteiger partial charge in [0.05, 0.1) is 6.20 Å². The number of aryl methyl sites for hydroxylation is 1. The Bertz CT molecular complexity index is 429. The Balaban J connectivity index is 2.08. The number of hydrogen-bond donors (Lipinski definition) is 1. The predicted octanol–water partition coefficient (Wildman–Crippen LogP) is -0.439. The van der Waals surface area contributed by atoms with Crippen molar-refractivity contribution in [3.8, 4) is 0 Å². The molecule has 0 aliphatic heterocycles. The van der Waals surface area contributed by atoms with Gasteiger partial charge in [0.25, 0.3) is 0 Å². The van der Waals surface area contributed by atoms with Crippen LogP contribution >= 0.6 is 0 Å². The lowest BCUT2D eigenvalue weighted by Crippen LogP contribution is -2.07. The summed E-state index contributed by atoms with van der Waals surface area (Å²) in [6.45, 7) is 1.29.